The summed E-state index contributed by atoms with van der Waals surface area (Å²) in [5.41, 5.74) is 1.21. The summed E-state index contributed by atoms with van der Waals surface area (Å²) in [7, 11) is -2.61. The average molecular weight is 257 g/mol. The second kappa shape index (κ2) is 4.70. The smallest absolute Gasteiger partial charge is 0.405 e. The second-order valence-corrected chi connectivity index (χ2v) is 6.14. The van der Waals surface area contributed by atoms with Crippen LogP contribution in [0, 0.1) is 0 Å². The topological polar surface area (TPSA) is 76.0 Å². The first-order chi connectivity index (χ1) is 7.98. The van der Waals surface area contributed by atoms with Gasteiger partial charge in [-0.3, -0.25) is 0 Å². The van der Waals surface area contributed by atoms with Gasteiger partial charge in [0.05, 0.1) is 5.56 Å². The molecular weight excluding hydrogens is 243 g/mol. The van der Waals surface area contributed by atoms with Gasteiger partial charge in [0.2, 0.25) is 0 Å². The van der Waals surface area contributed by atoms with Crippen LogP contribution < -0.4 is 0 Å². The molecule has 2 rings (SSSR count). The van der Waals surface area contributed by atoms with Crippen LogP contribution in [-0.2, 0) is 9.05 Å². The zero-order valence-corrected chi connectivity index (χ0v) is 10.3. The van der Waals surface area contributed by atoms with Crippen molar-refractivity contribution in [2.75, 3.05) is 19.9 Å². The van der Waals surface area contributed by atoms with Crippen molar-refractivity contribution in [1.82, 2.24) is 0 Å². The average Bonchev–Trinajstić information content (AvgIpc) is 2.29. The molecule has 0 amide bonds. The Kier molecular flexibility index (Phi) is 3.45. The Morgan fingerprint density at radius 1 is 1.29 bits per heavy atom. The van der Waals surface area contributed by atoms with E-state index in [1.165, 1.54) is 0 Å². The molecule has 1 saturated heterocycles. The summed E-state index contributed by atoms with van der Waals surface area (Å²) in [6.45, 7) is 2.34. The molecule has 1 heterocycles. The van der Waals surface area contributed by atoms with Crippen LogP contribution in [0.5, 0.6) is 0 Å². The molecule has 1 aromatic carbocycles. The van der Waals surface area contributed by atoms with Crippen molar-refractivity contribution in [3.63, 3.8) is 0 Å². The van der Waals surface area contributed by atoms with Crippen molar-refractivity contribution >= 4 is 13.9 Å². The molecule has 0 radical (unpaired) electrons. The molecule has 1 aromatic rings. The third kappa shape index (κ3) is 3.01. The van der Waals surface area contributed by atoms with Gasteiger partial charge in [-0.2, -0.15) is 13.9 Å². The number of carboxylic acids is 1. The van der Waals surface area contributed by atoms with E-state index in [9.17, 15) is 9.69 Å². The highest BCUT2D eigenvalue weighted by molar-refractivity contribution is 7.59. The molecule has 5 nitrogen and oxygen atoms in total. The Bertz CT molecular complexity index is 404. The molecule has 0 unspecified atom stereocenters. The van der Waals surface area contributed by atoms with E-state index in [0.29, 0.717) is 13.2 Å². The van der Waals surface area contributed by atoms with Crippen molar-refractivity contribution in [1.29, 1.82) is 0 Å². The van der Waals surface area contributed by atoms with Crippen LogP contribution in [0.3, 0.4) is 0 Å². The predicted molar refractivity (Wildman–Crippen MR) is 63.1 cm³/mol. The number of hydrogen-bond acceptors (Lipinski definition) is 4. The van der Waals surface area contributed by atoms with Gasteiger partial charge in [-0.15, -0.1) is 0 Å². The summed E-state index contributed by atoms with van der Waals surface area (Å²) < 4.78 is 10.5. The number of rotatable bonds is 2. The summed E-state index contributed by atoms with van der Waals surface area (Å²) in [6, 6.07) is 6.61. The zero-order valence-electron chi connectivity index (χ0n) is 9.37. The van der Waals surface area contributed by atoms with Crippen molar-refractivity contribution < 1.29 is 23.8 Å². The molecular formula is C11H14O5P+. The first-order valence-corrected chi connectivity index (χ1v) is 7.22. The summed E-state index contributed by atoms with van der Waals surface area (Å²) >= 11 is 0. The molecule has 1 aliphatic rings. The molecule has 1 fully saturated rings. The van der Waals surface area contributed by atoms with Crippen molar-refractivity contribution in [3.8, 4) is 0 Å². The van der Waals surface area contributed by atoms with E-state index in [0.717, 1.165) is 5.56 Å². The van der Waals surface area contributed by atoms with Crippen LogP contribution in [0.4, 0.5) is 0 Å². The molecule has 0 atom stereocenters. The first-order valence-electron chi connectivity index (χ1n) is 5.19. The minimum Gasteiger partial charge on any atom is -0.478 e. The van der Waals surface area contributed by atoms with Gasteiger partial charge < -0.3 is 5.11 Å². The van der Waals surface area contributed by atoms with E-state index < -0.39 is 13.9 Å². The maximum Gasteiger partial charge on any atom is 0.405 e. The Hall–Kier alpha value is -1.00. The monoisotopic (exact) mass is 257 g/mol. The fraction of sp³-hybridized carbons (Fsp3) is 0.364. The fourth-order valence-corrected chi connectivity index (χ4v) is 2.62. The Morgan fingerprint density at radius 2 is 1.82 bits per heavy atom. The van der Waals surface area contributed by atoms with Crippen molar-refractivity contribution in [2.45, 2.75) is 5.92 Å². The summed E-state index contributed by atoms with van der Waals surface area (Å²) in [6.07, 6.45) is 0. The minimum atomic E-state index is -2.61. The van der Waals surface area contributed by atoms with E-state index in [2.05, 4.69) is 0 Å². The Morgan fingerprint density at radius 3 is 2.29 bits per heavy atom. The second-order valence-electron chi connectivity index (χ2n) is 4.02. The molecule has 0 saturated carbocycles. The van der Waals surface area contributed by atoms with E-state index in [4.69, 9.17) is 14.2 Å². The number of benzene rings is 1. The van der Waals surface area contributed by atoms with E-state index in [1.807, 2.05) is 0 Å². The highest BCUT2D eigenvalue weighted by Crippen LogP contribution is 2.56. The predicted octanol–water partition coefficient (Wildman–Crippen LogP) is 1.90. The molecule has 17 heavy (non-hydrogen) atoms. The Balaban J connectivity index is 2.06. The first kappa shape index (κ1) is 12.5. The van der Waals surface area contributed by atoms with Gasteiger partial charge in [-0.05, 0) is 17.7 Å². The van der Waals surface area contributed by atoms with Crippen LogP contribution >= 0.6 is 7.94 Å². The Labute approximate surface area is 99.6 Å². The third-order valence-electron chi connectivity index (χ3n) is 2.66. The van der Waals surface area contributed by atoms with Crippen LogP contribution in [0.2, 0.25) is 0 Å². The summed E-state index contributed by atoms with van der Waals surface area (Å²) in [5.74, 6) is -0.903. The van der Waals surface area contributed by atoms with Gasteiger partial charge in [0.25, 0.3) is 0 Å². The third-order valence-corrected chi connectivity index (χ3v) is 3.92. The van der Waals surface area contributed by atoms with Crippen LogP contribution in [0.25, 0.3) is 0 Å². The lowest BCUT2D eigenvalue weighted by Gasteiger charge is -2.24. The van der Waals surface area contributed by atoms with Crippen molar-refractivity contribution in [2.24, 2.45) is 0 Å². The minimum absolute atomic E-state index is 0.0399. The van der Waals surface area contributed by atoms with Gasteiger partial charge >= 0.3 is 13.9 Å². The molecule has 1 aliphatic heterocycles. The van der Waals surface area contributed by atoms with Crippen LogP contribution in [-0.4, -0.2) is 35.8 Å². The van der Waals surface area contributed by atoms with Gasteiger partial charge in [-0.1, -0.05) is 12.1 Å². The lowest BCUT2D eigenvalue weighted by Crippen LogP contribution is -2.21. The summed E-state index contributed by atoms with van der Waals surface area (Å²) in [4.78, 5) is 20.2. The van der Waals surface area contributed by atoms with E-state index in [1.54, 1.807) is 30.9 Å². The van der Waals surface area contributed by atoms with Crippen LogP contribution in [0.1, 0.15) is 21.8 Å². The highest BCUT2D eigenvalue weighted by Gasteiger charge is 2.40. The molecule has 0 bridgehead atoms. The maximum atomic E-state index is 10.7. The normalized spacial score (nSPS) is 28.9. The SMILES string of the molecule is C[P+]1(O)OCC(c2ccc(C(=O)O)cc2)CO1. The van der Waals surface area contributed by atoms with Crippen molar-refractivity contribution in [3.05, 3.63) is 35.4 Å². The number of carbonyl (C=O) groups is 1. The summed E-state index contributed by atoms with van der Waals surface area (Å²) in [5, 5.41) is 8.78. The highest BCUT2D eigenvalue weighted by atomic mass is 31.2. The van der Waals surface area contributed by atoms with Gasteiger partial charge in [0.15, 0.2) is 0 Å². The van der Waals surface area contributed by atoms with E-state index >= 15 is 0 Å². The zero-order chi connectivity index (χ0) is 12.5. The maximum absolute atomic E-state index is 10.7. The van der Waals surface area contributed by atoms with Gasteiger partial charge in [0.1, 0.15) is 19.9 Å². The standard InChI is InChI=1S/C11H13O5P/c1-17(14)15-6-10(7-16-17)8-2-4-9(5-3-8)11(12)13/h2-5,10,14H,6-7H2,1H3/p+1. The quantitative estimate of drug-likeness (QED) is 0.791. The lowest BCUT2D eigenvalue weighted by molar-refractivity contribution is 0.0697. The fourth-order valence-electron chi connectivity index (χ4n) is 1.63. The molecule has 0 aliphatic carbocycles. The van der Waals surface area contributed by atoms with E-state index in [-0.39, 0.29) is 11.5 Å². The number of aromatic carboxylic acids is 1. The number of hydrogen-bond donors (Lipinski definition) is 2. The van der Waals surface area contributed by atoms with Gasteiger partial charge in [-0.25, -0.2) is 4.79 Å². The lowest BCUT2D eigenvalue weighted by atomic mass is 10.00. The van der Waals surface area contributed by atoms with Crippen LogP contribution in [0.15, 0.2) is 24.3 Å². The molecule has 6 heteroatoms. The molecule has 0 spiro atoms. The molecule has 92 valence electrons. The molecule has 2 N–H and O–H groups in total. The number of carboxylic acid groups (broad SMARTS) is 1. The van der Waals surface area contributed by atoms with Gasteiger partial charge in [0, 0.05) is 5.92 Å². The largest absolute Gasteiger partial charge is 0.478 e. The molecule has 0 aromatic heterocycles.